The average molecular weight is 504 g/mol. The second-order valence-corrected chi connectivity index (χ2v) is 12.8. The van der Waals surface area contributed by atoms with Crippen LogP contribution in [0, 0.1) is 40.4 Å². The molecule has 8 heteroatoms. The highest BCUT2D eigenvalue weighted by Crippen LogP contribution is 2.79. The standard InChI is InChI=1S/C28H41NO7/c1-7-29-13-26(5)9-8-22(34-14(2)30)28-18-10-17-20(33-6)12-27(36-16(4)32,19(25(28)29)11-21(26)28)23(18)24(17)35-15(3)31/h17-25H,7-13H2,1-6H3/t17-,18-,19+,20+,21-,22+,23-,24+,25+,26+,27+,28-/m1/s1. The van der Waals surface area contributed by atoms with Gasteiger partial charge in [-0.25, -0.2) is 0 Å². The van der Waals surface area contributed by atoms with E-state index in [1.807, 2.05) is 0 Å². The molecule has 7 bridgehead atoms. The molecule has 8 nitrogen and oxygen atoms in total. The first-order valence-corrected chi connectivity index (χ1v) is 13.8. The summed E-state index contributed by atoms with van der Waals surface area (Å²) in [6.45, 7) is 11.0. The van der Waals surface area contributed by atoms with Gasteiger partial charge < -0.3 is 18.9 Å². The number of carbonyl (C=O) groups is 3. The Hall–Kier alpha value is -1.67. The predicted molar refractivity (Wildman–Crippen MR) is 129 cm³/mol. The maximum Gasteiger partial charge on any atom is 0.303 e. The van der Waals surface area contributed by atoms with Crippen LogP contribution in [0.1, 0.15) is 66.7 Å². The summed E-state index contributed by atoms with van der Waals surface area (Å²) in [4.78, 5) is 40.2. The zero-order valence-corrected chi connectivity index (χ0v) is 22.5. The first-order chi connectivity index (χ1) is 17.0. The summed E-state index contributed by atoms with van der Waals surface area (Å²) in [5.74, 6) is -0.373. The zero-order valence-electron chi connectivity index (χ0n) is 22.5. The highest BCUT2D eigenvalue weighted by molar-refractivity contribution is 5.68. The van der Waals surface area contributed by atoms with Gasteiger partial charge >= 0.3 is 17.9 Å². The van der Waals surface area contributed by atoms with Gasteiger partial charge in [0.25, 0.3) is 0 Å². The molecular weight excluding hydrogens is 462 g/mol. The Morgan fingerprint density at radius 3 is 2.33 bits per heavy atom. The SMILES string of the molecule is CCN1C[C@]2(C)CC[C@H](OC(C)=O)[C@@]34[C@@H]5C[C@H]6[C@H](OC(C)=O)[C@@H]5[C@](OC(C)=O)(C[C@@H]6OC)[C@@H](C[C@H]23)[C@H]14. The average Bonchev–Trinajstić information content (AvgIpc) is 3.23. The molecule has 0 amide bonds. The van der Waals surface area contributed by atoms with Crippen molar-refractivity contribution >= 4 is 17.9 Å². The fourth-order valence-corrected chi connectivity index (χ4v) is 11.1. The van der Waals surface area contributed by atoms with Crippen LogP contribution in [0.2, 0.25) is 0 Å². The molecule has 1 spiro atoms. The van der Waals surface area contributed by atoms with E-state index in [1.54, 1.807) is 7.11 Å². The van der Waals surface area contributed by atoms with Crippen molar-refractivity contribution in [1.82, 2.24) is 4.90 Å². The summed E-state index contributed by atoms with van der Waals surface area (Å²) in [6, 6.07) is 0.151. The molecule has 0 unspecified atom stereocenters. The van der Waals surface area contributed by atoms with Gasteiger partial charge in [0.05, 0.1) is 6.10 Å². The molecule has 12 atom stereocenters. The van der Waals surface area contributed by atoms with Crippen LogP contribution >= 0.6 is 0 Å². The molecule has 200 valence electrons. The first-order valence-electron chi connectivity index (χ1n) is 13.8. The maximum absolute atomic E-state index is 12.8. The number of esters is 3. The van der Waals surface area contributed by atoms with Crippen molar-refractivity contribution in [3.63, 3.8) is 0 Å². The van der Waals surface area contributed by atoms with Crippen molar-refractivity contribution in [2.75, 3.05) is 20.2 Å². The summed E-state index contributed by atoms with van der Waals surface area (Å²) >= 11 is 0. The van der Waals surface area contributed by atoms with Crippen LogP contribution in [0.25, 0.3) is 0 Å². The molecular formula is C28H41NO7. The smallest absolute Gasteiger partial charge is 0.303 e. The Morgan fingerprint density at radius 2 is 1.72 bits per heavy atom. The Kier molecular flexibility index (Phi) is 5.42. The van der Waals surface area contributed by atoms with Gasteiger partial charge in [-0.05, 0) is 49.5 Å². The van der Waals surface area contributed by atoms with E-state index in [4.69, 9.17) is 18.9 Å². The minimum absolute atomic E-state index is 0.0354. The molecule has 6 rings (SSSR count). The normalized spacial score (nSPS) is 52.0. The Bertz CT molecular complexity index is 985. The fourth-order valence-electron chi connectivity index (χ4n) is 11.1. The van der Waals surface area contributed by atoms with Crippen LogP contribution < -0.4 is 0 Å². The summed E-state index contributed by atoms with van der Waals surface area (Å²) in [6.07, 6.45) is 3.54. The van der Waals surface area contributed by atoms with Crippen LogP contribution in [0.3, 0.4) is 0 Å². The summed E-state index contributed by atoms with van der Waals surface area (Å²) in [5, 5.41) is 0. The van der Waals surface area contributed by atoms with Crippen molar-refractivity contribution in [3.05, 3.63) is 0 Å². The molecule has 0 aromatic rings. The largest absolute Gasteiger partial charge is 0.462 e. The first kappa shape index (κ1) is 24.7. The third kappa shape index (κ3) is 2.86. The zero-order chi connectivity index (χ0) is 25.8. The van der Waals surface area contributed by atoms with Gasteiger partial charge in [0.2, 0.25) is 0 Å². The van der Waals surface area contributed by atoms with Gasteiger partial charge in [-0.15, -0.1) is 0 Å². The van der Waals surface area contributed by atoms with Crippen LogP contribution in [-0.2, 0) is 33.3 Å². The number of nitrogens with zero attached hydrogens (tertiary/aromatic N) is 1. The van der Waals surface area contributed by atoms with Crippen LogP contribution in [0.4, 0.5) is 0 Å². The number of hydrogen-bond donors (Lipinski definition) is 0. The molecule has 1 heterocycles. The Balaban J connectivity index is 1.61. The number of methoxy groups -OCH3 is 1. The lowest BCUT2D eigenvalue weighted by Crippen LogP contribution is -2.76. The van der Waals surface area contributed by atoms with Crippen molar-refractivity contribution in [2.24, 2.45) is 40.4 Å². The molecule has 0 aromatic carbocycles. The molecule has 1 aliphatic heterocycles. The van der Waals surface area contributed by atoms with Gasteiger partial charge in [0, 0.05) is 70.1 Å². The summed E-state index contributed by atoms with van der Waals surface area (Å²) in [5.41, 5.74) is -0.914. The van der Waals surface area contributed by atoms with E-state index in [1.165, 1.54) is 20.8 Å². The molecule has 6 aliphatic rings. The van der Waals surface area contributed by atoms with Gasteiger partial charge in [0.15, 0.2) is 0 Å². The number of carbonyl (C=O) groups excluding carboxylic acids is 3. The summed E-state index contributed by atoms with van der Waals surface area (Å²) < 4.78 is 24.9. The third-order valence-electron chi connectivity index (χ3n) is 11.5. The van der Waals surface area contributed by atoms with E-state index in [2.05, 4.69) is 18.7 Å². The van der Waals surface area contributed by atoms with Gasteiger partial charge in [-0.3, -0.25) is 19.3 Å². The lowest BCUT2D eigenvalue weighted by atomic mass is 9.43. The quantitative estimate of drug-likeness (QED) is 0.418. The van der Waals surface area contributed by atoms with Gasteiger partial charge in [-0.1, -0.05) is 13.8 Å². The predicted octanol–water partition coefficient (Wildman–Crippen LogP) is 2.96. The molecule has 6 fully saturated rings. The fraction of sp³-hybridized carbons (Fsp3) is 0.893. The van der Waals surface area contributed by atoms with E-state index in [0.29, 0.717) is 12.3 Å². The minimum Gasteiger partial charge on any atom is -0.462 e. The number of rotatable bonds is 5. The van der Waals surface area contributed by atoms with Crippen molar-refractivity contribution in [2.45, 2.75) is 96.7 Å². The number of ether oxygens (including phenoxy) is 4. The van der Waals surface area contributed by atoms with Crippen molar-refractivity contribution < 1.29 is 33.3 Å². The molecule has 5 aliphatic carbocycles. The van der Waals surface area contributed by atoms with E-state index in [-0.39, 0.29) is 76.8 Å². The molecule has 0 N–H and O–H groups in total. The second-order valence-electron chi connectivity index (χ2n) is 12.8. The lowest BCUT2D eigenvalue weighted by molar-refractivity contribution is -0.275. The maximum atomic E-state index is 12.8. The van der Waals surface area contributed by atoms with Gasteiger partial charge in [0.1, 0.15) is 17.8 Å². The molecule has 5 saturated carbocycles. The van der Waals surface area contributed by atoms with Crippen LogP contribution in [0.15, 0.2) is 0 Å². The number of piperidine rings is 1. The Morgan fingerprint density at radius 1 is 1.00 bits per heavy atom. The summed E-state index contributed by atoms with van der Waals surface area (Å²) in [7, 11) is 1.71. The topological polar surface area (TPSA) is 91.4 Å². The monoisotopic (exact) mass is 503 g/mol. The molecule has 0 aromatic heterocycles. The molecule has 1 saturated heterocycles. The molecule has 0 radical (unpaired) electrons. The van der Waals surface area contributed by atoms with Crippen LogP contribution in [-0.4, -0.2) is 73.0 Å². The Labute approximate surface area is 213 Å². The van der Waals surface area contributed by atoms with E-state index < -0.39 is 5.60 Å². The number of hydrogen-bond acceptors (Lipinski definition) is 8. The number of likely N-dealkylation sites (tertiary alicyclic amines) is 1. The number of fused-ring (bicyclic) bond motifs is 2. The highest BCUT2D eigenvalue weighted by atomic mass is 16.6. The highest BCUT2D eigenvalue weighted by Gasteiger charge is 2.85. The molecule has 36 heavy (non-hydrogen) atoms. The van der Waals surface area contributed by atoms with E-state index in [0.717, 1.165) is 38.8 Å². The van der Waals surface area contributed by atoms with Crippen LogP contribution in [0.5, 0.6) is 0 Å². The van der Waals surface area contributed by atoms with E-state index in [9.17, 15) is 14.4 Å². The lowest BCUT2D eigenvalue weighted by Gasteiger charge is -2.69. The van der Waals surface area contributed by atoms with Gasteiger partial charge in [-0.2, -0.15) is 0 Å². The van der Waals surface area contributed by atoms with Crippen molar-refractivity contribution in [1.29, 1.82) is 0 Å². The third-order valence-corrected chi connectivity index (χ3v) is 11.5. The van der Waals surface area contributed by atoms with Crippen molar-refractivity contribution in [3.8, 4) is 0 Å². The minimum atomic E-state index is -0.767. The second kappa shape index (κ2) is 7.92. The van der Waals surface area contributed by atoms with E-state index >= 15 is 0 Å².